The molecule has 1 unspecified atom stereocenters. The molecule has 1 aromatic rings. The van der Waals surface area contributed by atoms with Crippen molar-refractivity contribution in [1.29, 1.82) is 0 Å². The number of ether oxygens (including phenoxy) is 1. The highest BCUT2D eigenvalue weighted by molar-refractivity contribution is 9.10. The Morgan fingerprint density at radius 3 is 2.82 bits per heavy atom. The number of rotatable bonds is 5. The fourth-order valence-corrected chi connectivity index (χ4v) is 1.81. The van der Waals surface area contributed by atoms with Crippen LogP contribution in [0.1, 0.15) is 19.8 Å². The molecule has 17 heavy (non-hydrogen) atoms. The van der Waals surface area contributed by atoms with Crippen LogP contribution in [-0.2, 0) is 4.79 Å². The van der Waals surface area contributed by atoms with Crippen molar-refractivity contribution in [3.05, 3.63) is 22.7 Å². The number of hydrogen-bond donors (Lipinski definition) is 2. The molecule has 0 fully saturated rings. The minimum atomic E-state index is -0.0394. The summed E-state index contributed by atoms with van der Waals surface area (Å²) in [7, 11) is 1.59. The SMILES string of the molecule is COc1cc(Br)cc(NC(=O)CCC(C)N)c1. The second-order valence-electron chi connectivity index (χ2n) is 3.94. The van der Waals surface area contributed by atoms with Gasteiger partial charge >= 0.3 is 0 Å². The lowest BCUT2D eigenvalue weighted by Crippen LogP contribution is -2.19. The van der Waals surface area contributed by atoms with E-state index in [9.17, 15) is 4.79 Å². The zero-order chi connectivity index (χ0) is 12.8. The molecule has 0 saturated heterocycles. The summed E-state index contributed by atoms with van der Waals surface area (Å²) in [6.07, 6.45) is 1.10. The molecule has 3 N–H and O–H groups in total. The molecule has 5 heteroatoms. The van der Waals surface area contributed by atoms with Gasteiger partial charge in [0.2, 0.25) is 5.91 Å². The number of benzene rings is 1. The van der Waals surface area contributed by atoms with Crippen molar-refractivity contribution >= 4 is 27.5 Å². The van der Waals surface area contributed by atoms with Gasteiger partial charge in [0.15, 0.2) is 0 Å². The quantitative estimate of drug-likeness (QED) is 0.878. The average Bonchev–Trinajstić information content (AvgIpc) is 2.25. The van der Waals surface area contributed by atoms with Gasteiger partial charge in [-0.3, -0.25) is 4.79 Å². The maximum absolute atomic E-state index is 11.6. The number of hydrogen-bond acceptors (Lipinski definition) is 3. The summed E-state index contributed by atoms with van der Waals surface area (Å²) in [6.45, 7) is 1.88. The van der Waals surface area contributed by atoms with E-state index in [4.69, 9.17) is 10.5 Å². The van der Waals surface area contributed by atoms with E-state index in [-0.39, 0.29) is 11.9 Å². The lowest BCUT2D eigenvalue weighted by Gasteiger charge is -2.09. The first-order valence-corrected chi connectivity index (χ1v) is 6.20. The molecule has 1 atom stereocenters. The third kappa shape index (κ3) is 5.19. The first-order valence-electron chi connectivity index (χ1n) is 5.41. The Morgan fingerprint density at radius 2 is 2.24 bits per heavy atom. The Morgan fingerprint density at radius 1 is 1.53 bits per heavy atom. The van der Waals surface area contributed by atoms with Gasteiger partial charge in [-0.2, -0.15) is 0 Å². The van der Waals surface area contributed by atoms with Crippen molar-refractivity contribution in [2.75, 3.05) is 12.4 Å². The van der Waals surface area contributed by atoms with Gasteiger partial charge < -0.3 is 15.8 Å². The summed E-state index contributed by atoms with van der Waals surface area (Å²) in [4.78, 5) is 11.6. The van der Waals surface area contributed by atoms with Gasteiger partial charge in [0.05, 0.1) is 7.11 Å². The molecule has 0 bridgehead atoms. The van der Waals surface area contributed by atoms with E-state index in [0.29, 0.717) is 24.3 Å². The van der Waals surface area contributed by atoms with Crippen LogP contribution >= 0.6 is 15.9 Å². The maximum atomic E-state index is 11.6. The molecule has 0 aliphatic carbocycles. The number of nitrogens with one attached hydrogen (secondary N) is 1. The van der Waals surface area contributed by atoms with E-state index in [0.717, 1.165) is 4.47 Å². The molecule has 1 amide bonds. The van der Waals surface area contributed by atoms with Gasteiger partial charge in [0.1, 0.15) is 5.75 Å². The van der Waals surface area contributed by atoms with Crippen molar-refractivity contribution in [3.8, 4) is 5.75 Å². The minimum absolute atomic E-state index is 0.0394. The van der Waals surface area contributed by atoms with Crippen molar-refractivity contribution in [2.24, 2.45) is 5.73 Å². The second-order valence-corrected chi connectivity index (χ2v) is 4.86. The van der Waals surface area contributed by atoms with Gasteiger partial charge in [0, 0.05) is 28.7 Å². The van der Waals surface area contributed by atoms with E-state index < -0.39 is 0 Å². The smallest absolute Gasteiger partial charge is 0.224 e. The molecule has 1 aromatic carbocycles. The molecule has 94 valence electrons. The van der Waals surface area contributed by atoms with Gasteiger partial charge in [-0.15, -0.1) is 0 Å². The van der Waals surface area contributed by atoms with Crippen LogP contribution in [0.2, 0.25) is 0 Å². The van der Waals surface area contributed by atoms with Gasteiger partial charge in [-0.1, -0.05) is 15.9 Å². The molecule has 1 rings (SSSR count). The normalized spacial score (nSPS) is 12.0. The van der Waals surface area contributed by atoms with Gasteiger partial charge in [0.25, 0.3) is 0 Å². The van der Waals surface area contributed by atoms with Crippen molar-refractivity contribution in [3.63, 3.8) is 0 Å². The first-order chi connectivity index (χ1) is 8.01. The van der Waals surface area contributed by atoms with Crippen LogP contribution in [0.15, 0.2) is 22.7 Å². The summed E-state index contributed by atoms with van der Waals surface area (Å²) in [5, 5.41) is 2.81. The van der Waals surface area contributed by atoms with Crippen molar-refractivity contribution in [2.45, 2.75) is 25.8 Å². The zero-order valence-corrected chi connectivity index (χ0v) is 11.6. The van der Waals surface area contributed by atoms with E-state index in [1.165, 1.54) is 0 Å². The highest BCUT2D eigenvalue weighted by atomic mass is 79.9. The Labute approximate surface area is 110 Å². The number of anilines is 1. The zero-order valence-electron chi connectivity index (χ0n) is 10.00. The Kier molecular flexibility index (Phi) is 5.44. The molecule has 0 aliphatic heterocycles. The molecule has 0 spiro atoms. The van der Waals surface area contributed by atoms with Crippen LogP contribution in [0.4, 0.5) is 5.69 Å². The number of nitrogens with two attached hydrogens (primary N) is 1. The summed E-state index contributed by atoms with van der Waals surface area (Å²) in [5.74, 6) is 0.657. The van der Waals surface area contributed by atoms with Crippen LogP contribution in [0.25, 0.3) is 0 Å². The molecule has 0 aliphatic rings. The first kappa shape index (κ1) is 14.0. The van der Waals surface area contributed by atoms with Gasteiger partial charge in [-0.05, 0) is 25.5 Å². The maximum Gasteiger partial charge on any atom is 0.224 e. The van der Waals surface area contributed by atoms with E-state index >= 15 is 0 Å². The van der Waals surface area contributed by atoms with Crippen molar-refractivity contribution < 1.29 is 9.53 Å². The van der Waals surface area contributed by atoms with Crippen LogP contribution in [0, 0.1) is 0 Å². The largest absolute Gasteiger partial charge is 0.497 e. The Hall–Kier alpha value is -1.07. The number of amides is 1. The van der Waals surface area contributed by atoms with Gasteiger partial charge in [-0.25, -0.2) is 0 Å². The standard InChI is InChI=1S/C12H17BrN2O2/c1-8(14)3-4-12(16)15-10-5-9(13)6-11(7-10)17-2/h5-8H,3-4,14H2,1-2H3,(H,15,16). The van der Waals surface area contributed by atoms with Crippen LogP contribution < -0.4 is 15.8 Å². The molecule has 4 nitrogen and oxygen atoms in total. The summed E-state index contributed by atoms with van der Waals surface area (Å²) < 4.78 is 5.97. The van der Waals surface area contributed by atoms with E-state index in [1.54, 1.807) is 13.2 Å². The lowest BCUT2D eigenvalue weighted by atomic mass is 10.2. The van der Waals surface area contributed by atoms with Crippen molar-refractivity contribution in [1.82, 2.24) is 0 Å². The average molecular weight is 301 g/mol. The highest BCUT2D eigenvalue weighted by Gasteiger charge is 2.06. The molecule has 0 saturated carbocycles. The lowest BCUT2D eigenvalue weighted by molar-refractivity contribution is -0.116. The third-order valence-corrected chi connectivity index (χ3v) is 2.68. The Bertz CT molecular complexity index is 394. The summed E-state index contributed by atoms with van der Waals surface area (Å²) >= 11 is 3.35. The fraction of sp³-hybridized carbons (Fsp3) is 0.417. The fourth-order valence-electron chi connectivity index (χ4n) is 1.33. The predicted octanol–water partition coefficient (Wildman–Crippen LogP) is 2.52. The Balaban J connectivity index is 2.61. The van der Waals surface area contributed by atoms with Crippen LogP contribution in [0.5, 0.6) is 5.75 Å². The highest BCUT2D eigenvalue weighted by Crippen LogP contribution is 2.24. The number of carbonyl (C=O) groups excluding carboxylic acids is 1. The summed E-state index contributed by atoms with van der Waals surface area (Å²) in [6, 6.07) is 5.47. The number of methoxy groups -OCH3 is 1. The minimum Gasteiger partial charge on any atom is -0.497 e. The third-order valence-electron chi connectivity index (χ3n) is 2.22. The molecule has 0 radical (unpaired) electrons. The van der Waals surface area contributed by atoms with E-state index in [2.05, 4.69) is 21.2 Å². The predicted molar refractivity (Wildman–Crippen MR) is 72.2 cm³/mol. The number of halogens is 1. The second kappa shape index (κ2) is 6.61. The number of carbonyl (C=O) groups is 1. The van der Waals surface area contributed by atoms with Crippen LogP contribution in [0.3, 0.4) is 0 Å². The van der Waals surface area contributed by atoms with E-state index in [1.807, 2.05) is 19.1 Å². The topological polar surface area (TPSA) is 64.3 Å². The molecular formula is C12H17BrN2O2. The molecule has 0 heterocycles. The molecular weight excluding hydrogens is 284 g/mol. The van der Waals surface area contributed by atoms with Crippen LogP contribution in [-0.4, -0.2) is 19.1 Å². The summed E-state index contributed by atoms with van der Waals surface area (Å²) in [5.41, 5.74) is 6.31. The molecule has 0 aromatic heterocycles. The monoisotopic (exact) mass is 300 g/mol.